The first kappa shape index (κ1) is 20.3. The van der Waals surface area contributed by atoms with Crippen molar-refractivity contribution in [2.45, 2.75) is 13.3 Å². The highest BCUT2D eigenvalue weighted by Gasteiger charge is 2.17. The van der Waals surface area contributed by atoms with E-state index in [9.17, 15) is 4.79 Å². The fourth-order valence-electron chi connectivity index (χ4n) is 3.20. The fourth-order valence-corrected chi connectivity index (χ4v) is 6.26. The van der Waals surface area contributed by atoms with Crippen LogP contribution in [0.2, 0.25) is 5.02 Å². The number of thiophene rings is 2. The standard InChI is InChI=1S/C23H16ClN3OS3/c1-14-21(19-10-11-27(26-19)23(28)15-4-6-16(24)7-5-15)31-22(25-14)20-9-8-18(30-20)13-17-3-2-12-29-17/h2-12H,13H2,1H3. The lowest BCUT2D eigenvalue weighted by atomic mass is 10.2. The van der Waals surface area contributed by atoms with Crippen LogP contribution in [0.3, 0.4) is 0 Å². The van der Waals surface area contributed by atoms with Gasteiger partial charge in [-0.3, -0.25) is 4.79 Å². The molecule has 0 unspecified atom stereocenters. The van der Waals surface area contributed by atoms with E-state index in [-0.39, 0.29) is 5.91 Å². The van der Waals surface area contributed by atoms with Crippen LogP contribution in [0.5, 0.6) is 0 Å². The third-order valence-electron chi connectivity index (χ3n) is 4.72. The lowest BCUT2D eigenvalue weighted by Gasteiger charge is -2.00. The number of carbonyl (C=O) groups is 1. The first-order valence-corrected chi connectivity index (χ1v) is 12.4. The molecule has 0 atom stereocenters. The molecule has 0 aliphatic heterocycles. The van der Waals surface area contributed by atoms with Crippen LogP contribution in [0.4, 0.5) is 0 Å². The summed E-state index contributed by atoms with van der Waals surface area (Å²) in [7, 11) is 0. The second-order valence-corrected chi connectivity index (χ2v) is 10.5. The molecule has 5 rings (SSSR count). The summed E-state index contributed by atoms with van der Waals surface area (Å²) in [5, 5.41) is 8.19. The molecule has 0 aliphatic carbocycles. The molecular weight excluding hydrogens is 466 g/mol. The summed E-state index contributed by atoms with van der Waals surface area (Å²) in [5.74, 6) is -0.193. The molecule has 0 radical (unpaired) electrons. The van der Waals surface area contributed by atoms with Crippen molar-refractivity contribution in [2.24, 2.45) is 0 Å². The lowest BCUT2D eigenvalue weighted by Crippen LogP contribution is -2.12. The van der Waals surface area contributed by atoms with E-state index in [4.69, 9.17) is 16.6 Å². The van der Waals surface area contributed by atoms with Crippen molar-refractivity contribution in [1.29, 1.82) is 0 Å². The zero-order valence-corrected chi connectivity index (χ0v) is 19.6. The quantitative estimate of drug-likeness (QED) is 0.270. The number of rotatable bonds is 5. The second-order valence-electron chi connectivity index (χ2n) is 6.91. The van der Waals surface area contributed by atoms with Gasteiger partial charge in [-0.1, -0.05) is 17.7 Å². The minimum absolute atomic E-state index is 0.193. The van der Waals surface area contributed by atoms with Crippen LogP contribution < -0.4 is 0 Å². The van der Waals surface area contributed by atoms with E-state index in [2.05, 4.69) is 34.7 Å². The molecule has 0 fully saturated rings. The van der Waals surface area contributed by atoms with Crippen LogP contribution in [0.1, 0.15) is 25.8 Å². The Hall–Kier alpha value is -2.58. The Balaban J connectivity index is 1.38. The summed E-state index contributed by atoms with van der Waals surface area (Å²) in [6, 6.07) is 17.2. The van der Waals surface area contributed by atoms with Crippen molar-refractivity contribution in [2.75, 3.05) is 0 Å². The van der Waals surface area contributed by atoms with Crippen LogP contribution in [-0.4, -0.2) is 20.7 Å². The normalized spacial score (nSPS) is 11.2. The van der Waals surface area contributed by atoms with E-state index in [0.29, 0.717) is 10.6 Å². The van der Waals surface area contributed by atoms with Crippen molar-refractivity contribution in [3.05, 3.63) is 92.2 Å². The van der Waals surface area contributed by atoms with Crippen molar-refractivity contribution >= 4 is 51.5 Å². The van der Waals surface area contributed by atoms with E-state index in [1.165, 1.54) is 14.4 Å². The fraction of sp³-hybridized carbons (Fsp3) is 0.0870. The average Bonchev–Trinajstić information content (AvgIpc) is 3.56. The van der Waals surface area contributed by atoms with Gasteiger partial charge in [0.1, 0.15) is 10.7 Å². The summed E-state index contributed by atoms with van der Waals surface area (Å²) in [4.78, 5) is 22.3. The zero-order valence-electron chi connectivity index (χ0n) is 16.4. The molecule has 154 valence electrons. The largest absolute Gasteiger partial charge is 0.278 e. The van der Waals surface area contributed by atoms with E-state index >= 15 is 0 Å². The molecular formula is C23H16ClN3OS3. The summed E-state index contributed by atoms with van der Waals surface area (Å²) in [6.45, 7) is 1.98. The number of thiazole rings is 1. The maximum Gasteiger partial charge on any atom is 0.278 e. The monoisotopic (exact) mass is 481 g/mol. The topological polar surface area (TPSA) is 47.8 Å². The molecule has 4 heterocycles. The summed E-state index contributed by atoms with van der Waals surface area (Å²) in [6.07, 6.45) is 2.64. The van der Waals surface area contributed by atoms with E-state index in [1.807, 2.05) is 13.0 Å². The molecule has 0 saturated carbocycles. The van der Waals surface area contributed by atoms with Crippen molar-refractivity contribution in [3.63, 3.8) is 0 Å². The second kappa shape index (κ2) is 8.51. The molecule has 4 aromatic heterocycles. The molecule has 0 spiro atoms. The molecule has 0 aliphatic rings. The Bertz CT molecular complexity index is 1350. The average molecular weight is 482 g/mol. The number of nitrogens with zero attached hydrogens (tertiary/aromatic N) is 3. The minimum Gasteiger partial charge on any atom is -0.267 e. The van der Waals surface area contributed by atoms with Gasteiger partial charge in [0.2, 0.25) is 0 Å². The van der Waals surface area contributed by atoms with Gasteiger partial charge in [0.15, 0.2) is 0 Å². The van der Waals surface area contributed by atoms with Gasteiger partial charge in [-0.25, -0.2) is 9.67 Å². The van der Waals surface area contributed by atoms with Crippen molar-refractivity contribution in [3.8, 4) is 20.5 Å². The van der Waals surface area contributed by atoms with Crippen molar-refractivity contribution < 1.29 is 4.79 Å². The molecule has 0 bridgehead atoms. The van der Waals surface area contributed by atoms with E-state index in [0.717, 1.165) is 32.6 Å². The zero-order chi connectivity index (χ0) is 21.4. The minimum atomic E-state index is -0.193. The molecule has 4 nitrogen and oxygen atoms in total. The van der Waals surface area contributed by atoms with Crippen LogP contribution in [0, 0.1) is 6.92 Å². The molecule has 31 heavy (non-hydrogen) atoms. The van der Waals surface area contributed by atoms with E-state index < -0.39 is 0 Å². The van der Waals surface area contributed by atoms with Gasteiger partial charge in [-0.05, 0) is 60.8 Å². The number of hydrogen-bond acceptors (Lipinski definition) is 6. The van der Waals surface area contributed by atoms with Crippen LogP contribution >= 0.6 is 45.6 Å². The maximum atomic E-state index is 12.7. The molecule has 8 heteroatoms. The molecule has 5 aromatic rings. The third-order valence-corrected chi connectivity index (χ3v) is 8.28. The first-order valence-electron chi connectivity index (χ1n) is 9.52. The smallest absolute Gasteiger partial charge is 0.267 e. The Morgan fingerprint density at radius 2 is 1.87 bits per heavy atom. The summed E-state index contributed by atoms with van der Waals surface area (Å²) >= 11 is 11.1. The highest BCUT2D eigenvalue weighted by Crippen LogP contribution is 2.38. The highest BCUT2D eigenvalue weighted by molar-refractivity contribution is 7.23. The number of carbonyl (C=O) groups excluding carboxylic acids is 1. The van der Waals surface area contributed by atoms with Gasteiger partial charge in [-0.2, -0.15) is 5.10 Å². The van der Waals surface area contributed by atoms with Gasteiger partial charge < -0.3 is 0 Å². The lowest BCUT2D eigenvalue weighted by molar-refractivity contribution is 0.0945. The molecule has 1 aromatic carbocycles. The van der Waals surface area contributed by atoms with Crippen LogP contribution in [-0.2, 0) is 6.42 Å². The number of benzene rings is 1. The highest BCUT2D eigenvalue weighted by atomic mass is 35.5. The Morgan fingerprint density at radius 3 is 2.65 bits per heavy atom. The van der Waals surface area contributed by atoms with Crippen LogP contribution in [0.25, 0.3) is 20.5 Å². The van der Waals surface area contributed by atoms with Gasteiger partial charge in [0, 0.05) is 33.0 Å². The Kier molecular flexibility index (Phi) is 5.58. The summed E-state index contributed by atoms with van der Waals surface area (Å²) in [5.41, 5.74) is 2.20. The Morgan fingerprint density at radius 1 is 1.03 bits per heavy atom. The number of hydrogen-bond donors (Lipinski definition) is 0. The Labute approximate surface area is 196 Å². The molecule has 0 amide bonds. The van der Waals surface area contributed by atoms with E-state index in [1.54, 1.807) is 64.5 Å². The number of aromatic nitrogens is 3. The predicted molar refractivity (Wildman–Crippen MR) is 130 cm³/mol. The van der Waals surface area contributed by atoms with Gasteiger partial charge >= 0.3 is 0 Å². The summed E-state index contributed by atoms with van der Waals surface area (Å²) < 4.78 is 1.36. The predicted octanol–water partition coefficient (Wildman–Crippen LogP) is 7.04. The number of halogens is 1. The molecule has 0 saturated heterocycles. The third kappa shape index (κ3) is 4.27. The van der Waals surface area contributed by atoms with Crippen molar-refractivity contribution in [1.82, 2.24) is 14.8 Å². The molecule has 0 N–H and O–H groups in total. The van der Waals surface area contributed by atoms with Gasteiger partial charge in [-0.15, -0.1) is 34.0 Å². The maximum absolute atomic E-state index is 12.7. The number of aryl methyl sites for hydroxylation is 1. The SMILES string of the molecule is Cc1nc(-c2ccc(Cc3cccs3)s2)sc1-c1ccn(C(=O)c2ccc(Cl)cc2)n1. The first-order chi connectivity index (χ1) is 15.1. The van der Waals surface area contributed by atoms with Gasteiger partial charge in [0.25, 0.3) is 5.91 Å². The van der Waals surface area contributed by atoms with Gasteiger partial charge in [0.05, 0.1) is 15.4 Å². The van der Waals surface area contributed by atoms with Crippen LogP contribution in [0.15, 0.2) is 66.2 Å².